The molecule has 1 fully saturated rings. The van der Waals surface area contributed by atoms with Gasteiger partial charge in [-0.25, -0.2) is 23.1 Å². The Balaban J connectivity index is 0.00000304. The van der Waals surface area contributed by atoms with Gasteiger partial charge < -0.3 is 25.2 Å². The van der Waals surface area contributed by atoms with Crippen LogP contribution in [0.3, 0.4) is 0 Å². The molecule has 0 saturated carbocycles. The van der Waals surface area contributed by atoms with E-state index in [-0.39, 0.29) is 47.2 Å². The first-order chi connectivity index (χ1) is 16.9. The Kier molecular flexibility index (Phi) is 7.75. The highest BCUT2D eigenvalue weighted by molar-refractivity contribution is 5.85. The van der Waals surface area contributed by atoms with Crippen molar-refractivity contribution in [2.24, 2.45) is 0 Å². The molecule has 2 aliphatic heterocycles. The molecule has 0 amide bonds. The van der Waals surface area contributed by atoms with E-state index in [0.29, 0.717) is 30.2 Å². The lowest BCUT2D eigenvalue weighted by Crippen LogP contribution is -2.43. The van der Waals surface area contributed by atoms with Gasteiger partial charge >= 0.3 is 0 Å². The first kappa shape index (κ1) is 25.8. The van der Waals surface area contributed by atoms with Crippen LogP contribution in [0.2, 0.25) is 0 Å². The molecule has 2 N–H and O–H groups in total. The third kappa shape index (κ3) is 5.15. The maximum Gasteiger partial charge on any atom is 0.227 e. The average molecular weight is 521 g/mol. The summed E-state index contributed by atoms with van der Waals surface area (Å²) in [6.45, 7) is 8.03. The standard InChI is InChI=1S/C25H27F3N6O.ClH/c1-15(2)34-9-10-35-24-19(27)11-16(12-22(24)34)23-20(28)14-30-25(32-23)31-17-3-4-21(18(26)13-17)33-7-5-29-6-8-33;/h3-4,11-15,29H,5-10H2,1-2H3,(H,30,31,32);1H. The van der Waals surface area contributed by atoms with E-state index in [1.165, 1.54) is 12.1 Å². The van der Waals surface area contributed by atoms with Crippen LogP contribution in [0.25, 0.3) is 11.3 Å². The molecule has 2 aliphatic rings. The van der Waals surface area contributed by atoms with Crippen LogP contribution in [-0.4, -0.2) is 55.3 Å². The zero-order valence-electron chi connectivity index (χ0n) is 20.0. The molecule has 0 unspecified atom stereocenters. The molecule has 1 saturated heterocycles. The van der Waals surface area contributed by atoms with Crippen LogP contribution in [0.5, 0.6) is 5.75 Å². The highest BCUT2D eigenvalue weighted by Gasteiger charge is 2.26. The van der Waals surface area contributed by atoms with Crippen LogP contribution in [-0.2, 0) is 0 Å². The number of rotatable bonds is 5. The quantitative estimate of drug-likeness (QED) is 0.503. The van der Waals surface area contributed by atoms with Crippen molar-refractivity contribution in [3.05, 3.63) is 54.0 Å². The summed E-state index contributed by atoms with van der Waals surface area (Å²) in [6.07, 6.45) is 1.02. The van der Waals surface area contributed by atoms with Gasteiger partial charge in [-0.3, -0.25) is 0 Å². The minimum absolute atomic E-state index is 0. The van der Waals surface area contributed by atoms with Crippen molar-refractivity contribution in [2.75, 3.05) is 54.4 Å². The fourth-order valence-electron chi connectivity index (χ4n) is 4.48. The topological polar surface area (TPSA) is 65.6 Å². The van der Waals surface area contributed by atoms with Gasteiger partial charge in [0.05, 0.1) is 24.1 Å². The molecule has 36 heavy (non-hydrogen) atoms. The molecule has 0 radical (unpaired) electrons. The zero-order valence-corrected chi connectivity index (χ0v) is 20.8. The molecule has 7 nitrogen and oxygen atoms in total. The number of nitrogens with zero attached hydrogens (tertiary/aromatic N) is 4. The van der Waals surface area contributed by atoms with Gasteiger partial charge in [-0.15, -0.1) is 12.4 Å². The van der Waals surface area contributed by atoms with Crippen LogP contribution in [0.1, 0.15) is 13.8 Å². The van der Waals surface area contributed by atoms with Crippen LogP contribution in [0.4, 0.5) is 36.2 Å². The first-order valence-electron chi connectivity index (χ1n) is 11.7. The predicted octanol–water partition coefficient (Wildman–Crippen LogP) is 4.74. The maximum atomic E-state index is 14.9. The van der Waals surface area contributed by atoms with Crippen LogP contribution >= 0.6 is 12.4 Å². The Morgan fingerprint density at radius 2 is 1.75 bits per heavy atom. The van der Waals surface area contributed by atoms with Gasteiger partial charge in [-0.2, -0.15) is 0 Å². The largest absolute Gasteiger partial charge is 0.486 e. The van der Waals surface area contributed by atoms with Crippen molar-refractivity contribution in [3.8, 4) is 17.0 Å². The molecular weight excluding hydrogens is 493 g/mol. The molecule has 0 spiro atoms. The van der Waals surface area contributed by atoms with Gasteiger partial charge in [-0.05, 0) is 44.2 Å². The lowest BCUT2D eigenvalue weighted by atomic mass is 10.1. The number of hydrogen-bond donors (Lipinski definition) is 2. The smallest absolute Gasteiger partial charge is 0.227 e. The van der Waals surface area contributed by atoms with Crippen molar-refractivity contribution in [3.63, 3.8) is 0 Å². The molecule has 0 atom stereocenters. The Morgan fingerprint density at radius 3 is 2.47 bits per heavy atom. The Bertz CT molecular complexity index is 1240. The number of fused-ring (bicyclic) bond motifs is 1. The molecular formula is C25H28ClF3N6O. The van der Waals surface area contributed by atoms with E-state index in [1.807, 2.05) is 23.6 Å². The van der Waals surface area contributed by atoms with Crippen LogP contribution in [0, 0.1) is 17.5 Å². The predicted molar refractivity (Wildman–Crippen MR) is 137 cm³/mol. The Labute approximate surface area is 214 Å². The molecule has 0 bridgehead atoms. The van der Waals surface area contributed by atoms with E-state index < -0.39 is 11.6 Å². The van der Waals surface area contributed by atoms with Gasteiger partial charge in [-0.1, -0.05) is 0 Å². The number of hydrogen-bond acceptors (Lipinski definition) is 7. The molecule has 3 heterocycles. The van der Waals surface area contributed by atoms with E-state index in [0.717, 1.165) is 32.4 Å². The summed E-state index contributed by atoms with van der Waals surface area (Å²) in [5.74, 6) is -1.42. The highest BCUT2D eigenvalue weighted by atomic mass is 35.5. The molecule has 0 aliphatic carbocycles. The van der Waals surface area contributed by atoms with Crippen molar-refractivity contribution < 1.29 is 17.9 Å². The Hall–Kier alpha value is -3.24. The minimum atomic E-state index is -0.692. The van der Waals surface area contributed by atoms with E-state index in [2.05, 4.69) is 20.6 Å². The van der Waals surface area contributed by atoms with Crippen molar-refractivity contribution in [1.29, 1.82) is 0 Å². The summed E-state index contributed by atoms with van der Waals surface area (Å²) >= 11 is 0. The van der Waals surface area contributed by atoms with E-state index >= 15 is 0 Å². The number of ether oxygens (including phenoxy) is 1. The molecule has 192 valence electrons. The lowest BCUT2D eigenvalue weighted by molar-refractivity contribution is 0.287. The summed E-state index contributed by atoms with van der Waals surface area (Å²) < 4.78 is 49.9. The van der Waals surface area contributed by atoms with Crippen molar-refractivity contribution >= 4 is 35.4 Å². The molecule has 1 aromatic heterocycles. The number of aromatic nitrogens is 2. The number of halogens is 4. The molecule has 11 heteroatoms. The summed E-state index contributed by atoms with van der Waals surface area (Å²) in [6, 6.07) is 7.78. The Morgan fingerprint density at radius 1 is 0.972 bits per heavy atom. The van der Waals surface area contributed by atoms with Crippen molar-refractivity contribution in [2.45, 2.75) is 19.9 Å². The summed E-state index contributed by atoms with van der Waals surface area (Å²) in [7, 11) is 0. The van der Waals surface area contributed by atoms with Crippen molar-refractivity contribution in [1.82, 2.24) is 15.3 Å². The van der Waals surface area contributed by atoms with Gasteiger partial charge in [0, 0.05) is 43.5 Å². The van der Waals surface area contributed by atoms with Gasteiger partial charge in [0.2, 0.25) is 5.95 Å². The minimum Gasteiger partial charge on any atom is -0.486 e. The van der Waals surface area contributed by atoms with E-state index in [9.17, 15) is 13.2 Å². The number of benzene rings is 2. The second-order valence-corrected chi connectivity index (χ2v) is 8.86. The average Bonchev–Trinajstić information content (AvgIpc) is 2.85. The van der Waals surface area contributed by atoms with E-state index in [1.54, 1.807) is 18.2 Å². The molecule has 5 rings (SSSR count). The number of nitrogens with one attached hydrogen (secondary N) is 2. The normalized spacial score (nSPS) is 15.3. The number of anilines is 4. The summed E-state index contributed by atoms with van der Waals surface area (Å²) in [4.78, 5) is 12.3. The summed E-state index contributed by atoms with van der Waals surface area (Å²) in [5, 5.41) is 6.17. The van der Waals surface area contributed by atoms with Gasteiger partial charge in [0.15, 0.2) is 17.4 Å². The van der Waals surface area contributed by atoms with E-state index in [4.69, 9.17) is 4.74 Å². The first-order valence-corrected chi connectivity index (χ1v) is 11.7. The second kappa shape index (κ2) is 10.8. The fraction of sp³-hybridized carbons (Fsp3) is 0.360. The highest BCUT2D eigenvalue weighted by Crippen LogP contribution is 2.39. The molecule has 2 aromatic carbocycles. The maximum absolute atomic E-state index is 14.9. The van der Waals surface area contributed by atoms with Crippen LogP contribution in [0.15, 0.2) is 36.5 Å². The summed E-state index contributed by atoms with van der Waals surface area (Å²) in [5.41, 5.74) is 1.71. The fourth-order valence-corrected chi connectivity index (χ4v) is 4.48. The number of piperazine rings is 1. The second-order valence-electron chi connectivity index (χ2n) is 8.86. The van der Waals surface area contributed by atoms with Gasteiger partial charge in [0.25, 0.3) is 0 Å². The van der Waals surface area contributed by atoms with Crippen LogP contribution < -0.4 is 25.2 Å². The van der Waals surface area contributed by atoms with Gasteiger partial charge in [0.1, 0.15) is 18.1 Å². The third-order valence-electron chi connectivity index (χ3n) is 6.21. The zero-order chi connectivity index (χ0) is 24.5. The SMILES string of the molecule is CC(C)N1CCOc2c(F)cc(-c3nc(Nc4ccc(N5CCNCC5)c(F)c4)ncc3F)cc21.Cl. The lowest BCUT2D eigenvalue weighted by Gasteiger charge is -2.34. The molecule has 3 aromatic rings. The monoisotopic (exact) mass is 520 g/mol. The third-order valence-corrected chi connectivity index (χ3v) is 6.21.